The number of hydrogen-bond acceptors (Lipinski definition) is 3. The molecule has 0 fully saturated rings. The Balaban J connectivity index is 1.58. The summed E-state index contributed by atoms with van der Waals surface area (Å²) in [6, 6.07) is 16.9. The van der Waals surface area contributed by atoms with E-state index in [2.05, 4.69) is 10.6 Å². The first-order chi connectivity index (χ1) is 13.9. The van der Waals surface area contributed by atoms with E-state index in [4.69, 9.17) is 4.74 Å². The van der Waals surface area contributed by atoms with Crippen molar-refractivity contribution in [2.75, 3.05) is 13.7 Å². The van der Waals surface area contributed by atoms with Gasteiger partial charge in [-0.25, -0.2) is 0 Å². The number of nitrogens with one attached hydrogen (secondary N) is 2. The summed E-state index contributed by atoms with van der Waals surface area (Å²) in [7, 11) is 1.60. The van der Waals surface area contributed by atoms with Gasteiger partial charge in [0.15, 0.2) is 0 Å². The Morgan fingerprint density at radius 3 is 2.38 bits per heavy atom. The summed E-state index contributed by atoms with van der Waals surface area (Å²) in [6.07, 6.45) is -4.50. The Morgan fingerprint density at radius 1 is 1.00 bits per heavy atom. The number of ether oxygens (including phenoxy) is 1. The number of hydrogen-bond donors (Lipinski definition) is 2. The molecule has 152 valence electrons. The van der Waals surface area contributed by atoms with Gasteiger partial charge in [0.1, 0.15) is 11.8 Å². The van der Waals surface area contributed by atoms with E-state index in [1.54, 1.807) is 13.2 Å². The van der Waals surface area contributed by atoms with Crippen LogP contribution in [0.25, 0.3) is 10.8 Å². The molecule has 3 aromatic carbocycles. The molecule has 0 bridgehead atoms. The van der Waals surface area contributed by atoms with Crippen molar-refractivity contribution in [1.29, 1.82) is 0 Å². The number of carbonyl (C=O) groups excluding carboxylic acids is 1. The zero-order valence-corrected chi connectivity index (χ0v) is 15.8. The standard InChI is InChI=1S/C22H21F3N2O2/c1-29-19-10-9-17-11-15(7-8-18(17)12-19)13-26-20(28)14-27-21(22(23,24)25)16-5-3-2-4-6-16/h2-12,21,27H,13-14H2,1H3,(H,26,28). The zero-order chi connectivity index (χ0) is 20.9. The summed E-state index contributed by atoms with van der Waals surface area (Å²) in [4.78, 5) is 12.1. The normalized spacial score (nSPS) is 12.6. The lowest BCUT2D eigenvalue weighted by atomic mass is 10.1. The van der Waals surface area contributed by atoms with E-state index < -0.39 is 24.7 Å². The predicted molar refractivity (Wildman–Crippen MR) is 106 cm³/mol. The summed E-state index contributed by atoms with van der Waals surface area (Å²) in [5, 5.41) is 6.93. The van der Waals surface area contributed by atoms with Crippen molar-refractivity contribution < 1.29 is 22.7 Å². The third-order valence-corrected chi connectivity index (χ3v) is 4.53. The van der Waals surface area contributed by atoms with E-state index >= 15 is 0 Å². The Bertz CT molecular complexity index is 975. The molecule has 3 rings (SSSR count). The number of halogens is 3. The van der Waals surface area contributed by atoms with Crippen molar-refractivity contribution in [2.45, 2.75) is 18.8 Å². The van der Waals surface area contributed by atoms with Crippen molar-refractivity contribution >= 4 is 16.7 Å². The smallest absolute Gasteiger partial charge is 0.407 e. The molecule has 1 atom stereocenters. The minimum Gasteiger partial charge on any atom is -0.497 e. The van der Waals surface area contributed by atoms with E-state index in [1.807, 2.05) is 36.4 Å². The molecule has 7 heteroatoms. The lowest BCUT2D eigenvalue weighted by Gasteiger charge is -2.22. The van der Waals surface area contributed by atoms with E-state index in [0.717, 1.165) is 22.1 Å². The van der Waals surface area contributed by atoms with Gasteiger partial charge in [0.25, 0.3) is 0 Å². The number of amides is 1. The average molecular weight is 402 g/mol. The van der Waals surface area contributed by atoms with Crippen LogP contribution in [0.1, 0.15) is 17.2 Å². The fourth-order valence-corrected chi connectivity index (χ4v) is 3.04. The van der Waals surface area contributed by atoms with Crippen LogP contribution in [-0.2, 0) is 11.3 Å². The highest BCUT2D eigenvalue weighted by molar-refractivity contribution is 5.84. The summed E-state index contributed by atoms with van der Waals surface area (Å²) in [5.74, 6) is 0.243. The third-order valence-electron chi connectivity index (χ3n) is 4.53. The molecule has 3 aromatic rings. The highest BCUT2D eigenvalue weighted by atomic mass is 19.4. The number of alkyl halides is 3. The summed E-state index contributed by atoms with van der Waals surface area (Å²) in [5.41, 5.74) is 0.921. The van der Waals surface area contributed by atoms with Crippen LogP contribution in [-0.4, -0.2) is 25.7 Å². The van der Waals surface area contributed by atoms with Crippen LogP contribution < -0.4 is 15.4 Å². The second-order valence-corrected chi connectivity index (χ2v) is 6.59. The van der Waals surface area contributed by atoms with E-state index in [-0.39, 0.29) is 12.1 Å². The first kappa shape index (κ1) is 20.7. The van der Waals surface area contributed by atoms with Gasteiger partial charge in [-0.3, -0.25) is 10.1 Å². The van der Waals surface area contributed by atoms with Crippen LogP contribution in [0.3, 0.4) is 0 Å². The molecular weight excluding hydrogens is 381 g/mol. The van der Waals surface area contributed by atoms with Crippen molar-refractivity contribution in [3.8, 4) is 5.75 Å². The zero-order valence-electron chi connectivity index (χ0n) is 15.8. The van der Waals surface area contributed by atoms with Gasteiger partial charge in [0.2, 0.25) is 5.91 Å². The molecule has 2 N–H and O–H groups in total. The molecule has 4 nitrogen and oxygen atoms in total. The van der Waals surface area contributed by atoms with Gasteiger partial charge < -0.3 is 10.1 Å². The quantitative estimate of drug-likeness (QED) is 0.618. The Kier molecular flexibility index (Phi) is 6.39. The highest BCUT2D eigenvalue weighted by Gasteiger charge is 2.40. The number of methoxy groups -OCH3 is 1. The molecule has 0 saturated heterocycles. The molecule has 0 saturated carbocycles. The van der Waals surface area contributed by atoms with Crippen molar-refractivity contribution in [1.82, 2.24) is 10.6 Å². The molecule has 0 aliphatic carbocycles. The molecule has 0 aliphatic rings. The number of benzene rings is 3. The van der Waals surface area contributed by atoms with Crippen molar-refractivity contribution in [2.24, 2.45) is 0 Å². The highest BCUT2D eigenvalue weighted by Crippen LogP contribution is 2.32. The lowest BCUT2D eigenvalue weighted by molar-refractivity contribution is -0.158. The first-order valence-electron chi connectivity index (χ1n) is 9.05. The summed E-state index contributed by atoms with van der Waals surface area (Å²) >= 11 is 0. The molecule has 1 unspecified atom stereocenters. The van der Waals surface area contributed by atoms with Gasteiger partial charge in [-0.2, -0.15) is 13.2 Å². The predicted octanol–water partition coefficient (Wildman–Crippen LogP) is 4.36. The maximum absolute atomic E-state index is 13.3. The van der Waals surface area contributed by atoms with Crippen LogP contribution in [0, 0.1) is 0 Å². The fourth-order valence-electron chi connectivity index (χ4n) is 3.04. The molecule has 0 radical (unpaired) electrons. The monoisotopic (exact) mass is 402 g/mol. The topological polar surface area (TPSA) is 50.4 Å². The van der Waals surface area contributed by atoms with E-state index in [1.165, 1.54) is 24.3 Å². The lowest BCUT2D eigenvalue weighted by Crippen LogP contribution is -2.40. The number of fused-ring (bicyclic) bond motifs is 1. The van der Waals surface area contributed by atoms with Gasteiger partial charge in [-0.15, -0.1) is 0 Å². The van der Waals surface area contributed by atoms with Crippen LogP contribution in [0.15, 0.2) is 66.7 Å². The van der Waals surface area contributed by atoms with Gasteiger partial charge >= 0.3 is 6.18 Å². The van der Waals surface area contributed by atoms with Gasteiger partial charge in [-0.1, -0.05) is 48.5 Å². The minimum absolute atomic E-state index is 0.0674. The third kappa shape index (κ3) is 5.48. The Labute approximate surface area is 166 Å². The van der Waals surface area contributed by atoms with E-state index in [0.29, 0.717) is 0 Å². The van der Waals surface area contributed by atoms with Crippen LogP contribution in [0.2, 0.25) is 0 Å². The first-order valence-corrected chi connectivity index (χ1v) is 9.05. The fraction of sp³-hybridized carbons (Fsp3) is 0.227. The van der Waals surface area contributed by atoms with E-state index in [9.17, 15) is 18.0 Å². The Morgan fingerprint density at radius 2 is 1.69 bits per heavy atom. The van der Waals surface area contributed by atoms with Crippen molar-refractivity contribution in [3.05, 3.63) is 77.9 Å². The number of carbonyl (C=O) groups is 1. The SMILES string of the molecule is COc1ccc2cc(CNC(=O)CNC(c3ccccc3)C(F)(F)F)ccc2c1. The van der Waals surface area contributed by atoms with Crippen molar-refractivity contribution in [3.63, 3.8) is 0 Å². The second-order valence-electron chi connectivity index (χ2n) is 6.59. The maximum atomic E-state index is 13.3. The molecular formula is C22H21F3N2O2. The molecule has 0 heterocycles. The molecule has 0 spiro atoms. The molecule has 1 amide bonds. The maximum Gasteiger partial charge on any atom is 0.407 e. The molecule has 0 aliphatic heterocycles. The number of rotatable bonds is 7. The molecule has 0 aromatic heterocycles. The van der Waals surface area contributed by atoms with Crippen LogP contribution in [0.4, 0.5) is 13.2 Å². The van der Waals surface area contributed by atoms with Gasteiger partial charge in [0.05, 0.1) is 13.7 Å². The van der Waals surface area contributed by atoms with Gasteiger partial charge in [0, 0.05) is 6.54 Å². The largest absolute Gasteiger partial charge is 0.497 e. The van der Waals surface area contributed by atoms with Crippen LogP contribution >= 0.6 is 0 Å². The van der Waals surface area contributed by atoms with Crippen LogP contribution in [0.5, 0.6) is 5.75 Å². The Hall–Kier alpha value is -3.06. The minimum atomic E-state index is -4.50. The van der Waals surface area contributed by atoms with Gasteiger partial charge in [-0.05, 0) is 40.1 Å². The summed E-state index contributed by atoms with van der Waals surface area (Å²) < 4.78 is 45.1. The second kappa shape index (κ2) is 8.96. The summed E-state index contributed by atoms with van der Waals surface area (Å²) in [6.45, 7) is -0.214. The average Bonchev–Trinajstić information content (AvgIpc) is 2.71. The molecule has 29 heavy (non-hydrogen) atoms.